The summed E-state index contributed by atoms with van der Waals surface area (Å²) in [4.78, 5) is 48.4. The highest BCUT2D eigenvalue weighted by Crippen LogP contribution is 2.25. The van der Waals surface area contributed by atoms with Gasteiger partial charge in [-0.05, 0) is 54.6 Å². The molecule has 9 heteroatoms. The minimum Gasteiger partial charge on any atom is -0.496 e. The molecular weight excluding hydrogens is 446 g/mol. The summed E-state index contributed by atoms with van der Waals surface area (Å²) in [7, 11) is 1.51. The molecule has 0 spiro atoms. The lowest BCUT2D eigenvalue weighted by molar-refractivity contribution is 0.0692. The lowest BCUT2D eigenvalue weighted by Crippen LogP contribution is -2.17. The van der Waals surface area contributed by atoms with Crippen LogP contribution in [0.25, 0.3) is 0 Å². The molecule has 3 rings (SSSR count). The second-order valence-electron chi connectivity index (χ2n) is 6.76. The smallest absolute Gasteiger partial charge is 0.336 e. The van der Waals surface area contributed by atoms with Crippen LogP contribution in [-0.2, 0) is 0 Å². The second-order valence-corrected chi connectivity index (χ2v) is 7.81. The van der Waals surface area contributed by atoms with Crippen LogP contribution in [0, 0.1) is 0 Å². The molecule has 8 nitrogen and oxygen atoms in total. The SMILES string of the molecule is COc1ccccc1C(=O)CSc1ccc(NC(=O)c2ccc(C(=O)O)cc2C(=O)O)cc1. The first-order valence-corrected chi connectivity index (χ1v) is 10.6. The summed E-state index contributed by atoms with van der Waals surface area (Å²) in [5.74, 6) is -2.75. The van der Waals surface area contributed by atoms with E-state index in [0.29, 0.717) is 17.0 Å². The van der Waals surface area contributed by atoms with Gasteiger partial charge in [0.15, 0.2) is 5.78 Å². The average molecular weight is 465 g/mol. The van der Waals surface area contributed by atoms with Crippen LogP contribution in [-0.4, -0.2) is 46.7 Å². The van der Waals surface area contributed by atoms with E-state index >= 15 is 0 Å². The Labute approximate surface area is 193 Å². The van der Waals surface area contributed by atoms with Gasteiger partial charge in [0, 0.05) is 10.6 Å². The van der Waals surface area contributed by atoms with Crippen LogP contribution in [0.2, 0.25) is 0 Å². The lowest BCUT2D eigenvalue weighted by Gasteiger charge is -2.10. The van der Waals surface area contributed by atoms with Gasteiger partial charge in [0.25, 0.3) is 5.91 Å². The van der Waals surface area contributed by atoms with Crippen molar-refractivity contribution in [3.8, 4) is 5.75 Å². The Morgan fingerprint density at radius 1 is 0.848 bits per heavy atom. The number of thioether (sulfide) groups is 1. The van der Waals surface area contributed by atoms with Crippen molar-refractivity contribution in [1.82, 2.24) is 0 Å². The van der Waals surface area contributed by atoms with Gasteiger partial charge in [-0.2, -0.15) is 0 Å². The van der Waals surface area contributed by atoms with Gasteiger partial charge in [0.1, 0.15) is 5.75 Å². The molecule has 168 valence electrons. The number of para-hydroxylation sites is 1. The third-order valence-corrected chi connectivity index (χ3v) is 5.64. The number of carbonyl (C=O) groups is 4. The number of benzene rings is 3. The Morgan fingerprint density at radius 2 is 1.55 bits per heavy atom. The monoisotopic (exact) mass is 465 g/mol. The van der Waals surface area contributed by atoms with E-state index in [4.69, 9.17) is 9.84 Å². The summed E-state index contributed by atoms with van der Waals surface area (Å²) in [5.41, 5.74) is 0.120. The van der Waals surface area contributed by atoms with Gasteiger partial charge >= 0.3 is 11.9 Å². The molecule has 0 saturated heterocycles. The number of aromatic carboxylic acids is 2. The van der Waals surface area contributed by atoms with Crippen molar-refractivity contribution in [3.05, 3.63) is 89.0 Å². The Hall–Kier alpha value is -4.11. The molecule has 0 aliphatic rings. The van der Waals surface area contributed by atoms with Gasteiger partial charge in [-0.3, -0.25) is 9.59 Å². The fraction of sp³-hybridized carbons (Fsp3) is 0.0833. The van der Waals surface area contributed by atoms with Crippen LogP contribution in [0.4, 0.5) is 5.69 Å². The van der Waals surface area contributed by atoms with Gasteiger partial charge in [-0.25, -0.2) is 9.59 Å². The van der Waals surface area contributed by atoms with Crippen molar-refractivity contribution < 1.29 is 34.1 Å². The maximum Gasteiger partial charge on any atom is 0.336 e. The number of anilines is 1. The Morgan fingerprint density at radius 3 is 2.18 bits per heavy atom. The molecule has 0 unspecified atom stereocenters. The number of hydrogen-bond donors (Lipinski definition) is 3. The van der Waals surface area contributed by atoms with E-state index in [9.17, 15) is 24.3 Å². The molecule has 0 saturated carbocycles. The number of methoxy groups -OCH3 is 1. The van der Waals surface area contributed by atoms with Crippen molar-refractivity contribution in [2.45, 2.75) is 4.90 Å². The third kappa shape index (κ3) is 5.78. The van der Waals surface area contributed by atoms with Crippen molar-refractivity contribution in [1.29, 1.82) is 0 Å². The van der Waals surface area contributed by atoms with Crippen molar-refractivity contribution >= 4 is 41.1 Å². The average Bonchev–Trinajstić information content (AvgIpc) is 2.82. The van der Waals surface area contributed by atoms with Crippen LogP contribution in [0.15, 0.2) is 71.6 Å². The first kappa shape index (κ1) is 23.6. The molecule has 0 fully saturated rings. The van der Waals surface area contributed by atoms with Gasteiger partial charge in [0.05, 0.1) is 35.1 Å². The molecule has 0 radical (unpaired) electrons. The van der Waals surface area contributed by atoms with E-state index < -0.39 is 23.4 Å². The third-order valence-electron chi connectivity index (χ3n) is 4.63. The fourth-order valence-corrected chi connectivity index (χ4v) is 3.77. The Bertz CT molecular complexity index is 1220. The van der Waals surface area contributed by atoms with E-state index in [1.807, 2.05) is 0 Å². The predicted molar refractivity (Wildman–Crippen MR) is 123 cm³/mol. The zero-order valence-corrected chi connectivity index (χ0v) is 18.2. The lowest BCUT2D eigenvalue weighted by atomic mass is 10.0. The second kappa shape index (κ2) is 10.5. The number of ether oxygens (including phenoxy) is 1. The number of nitrogens with one attached hydrogen (secondary N) is 1. The molecular formula is C24H19NO7S. The maximum atomic E-state index is 12.6. The molecule has 0 aliphatic heterocycles. The Balaban J connectivity index is 1.66. The fourth-order valence-electron chi connectivity index (χ4n) is 2.99. The number of ketones is 1. The molecule has 3 N–H and O–H groups in total. The summed E-state index contributed by atoms with van der Waals surface area (Å²) in [5, 5.41) is 21.0. The zero-order valence-electron chi connectivity index (χ0n) is 17.4. The van der Waals surface area contributed by atoms with Crippen LogP contribution in [0.1, 0.15) is 41.4 Å². The summed E-state index contributed by atoms with van der Waals surface area (Å²) in [6.45, 7) is 0. The molecule has 3 aromatic rings. The molecule has 0 aromatic heterocycles. The highest BCUT2D eigenvalue weighted by atomic mass is 32.2. The number of amides is 1. The summed E-state index contributed by atoms with van der Waals surface area (Å²) in [6, 6.07) is 17.0. The summed E-state index contributed by atoms with van der Waals surface area (Å²) >= 11 is 1.33. The molecule has 3 aromatic carbocycles. The number of carboxylic acid groups (broad SMARTS) is 2. The Kier molecular flexibility index (Phi) is 7.47. The predicted octanol–water partition coefficient (Wildman–Crippen LogP) is 4.32. The van der Waals surface area contributed by atoms with E-state index in [2.05, 4.69) is 5.32 Å². The number of rotatable bonds is 9. The highest BCUT2D eigenvalue weighted by molar-refractivity contribution is 8.00. The largest absolute Gasteiger partial charge is 0.496 e. The minimum absolute atomic E-state index is 0.0826. The van der Waals surface area contributed by atoms with Crippen LogP contribution in [0.5, 0.6) is 5.75 Å². The van der Waals surface area contributed by atoms with Gasteiger partial charge in [0.2, 0.25) is 0 Å². The van der Waals surface area contributed by atoms with Gasteiger partial charge in [-0.1, -0.05) is 12.1 Å². The summed E-state index contributed by atoms with van der Waals surface area (Å²) in [6.07, 6.45) is 0. The quantitative estimate of drug-likeness (QED) is 0.315. The van der Waals surface area contributed by atoms with E-state index in [1.165, 1.54) is 24.9 Å². The maximum absolute atomic E-state index is 12.6. The molecule has 0 atom stereocenters. The van der Waals surface area contributed by atoms with Crippen molar-refractivity contribution in [2.75, 3.05) is 18.2 Å². The standard InChI is InChI=1S/C24H19NO7S/c1-32-21-5-3-2-4-18(21)20(26)13-33-16-9-7-15(8-10-16)25-22(27)17-11-6-14(23(28)29)12-19(17)24(30)31/h2-12H,13H2,1H3,(H,25,27)(H,28,29)(H,30,31). The van der Waals surface area contributed by atoms with Crippen molar-refractivity contribution in [3.63, 3.8) is 0 Å². The topological polar surface area (TPSA) is 130 Å². The summed E-state index contributed by atoms with van der Waals surface area (Å²) < 4.78 is 5.21. The molecule has 1 amide bonds. The number of carboxylic acids is 2. The minimum atomic E-state index is -1.41. The molecule has 0 bridgehead atoms. The van der Waals surface area contributed by atoms with E-state index in [-0.39, 0.29) is 22.7 Å². The normalized spacial score (nSPS) is 10.3. The van der Waals surface area contributed by atoms with Crippen LogP contribution < -0.4 is 10.1 Å². The van der Waals surface area contributed by atoms with Crippen LogP contribution >= 0.6 is 11.8 Å². The van der Waals surface area contributed by atoms with Gasteiger partial charge < -0.3 is 20.3 Å². The molecule has 33 heavy (non-hydrogen) atoms. The first-order valence-electron chi connectivity index (χ1n) is 9.61. The van der Waals surface area contributed by atoms with Crippen LogP contribution in [0.3, 0.4) is 0 Å². The van der Waals surface area contributed by atoms with E-state index in [0.717, 1.165) is 17.0 Å². The molecule has 0 aliphatic carbocycles. The number of hydrogen-bond acceptors (Lipinski definition) is 6. The number of carbonyl (C=O) groups excluding carboxylic acids is 2. The first-order chi connectivity index (χ1) is 15.8. The highest BCUT2D eigenvalue weighted by Gasteiger charge is 2.19. The van der Waals surface area contributed by atoms with Crippen molar-refractivity contribution in [2.24, 2.45) is 0 Å². The molecule has 0 heterocycles. The zero-order chi connectivity index (χ0) is 24.0. The van der Waals surface area contributed by atoms with Gasteiger partial charge in [-0.15, -0.1) is 11.8 Å². The van der Waals surface area contributed by atoms with E-state index in [1.54, 1.807) is 48.5 Å². The number of Topliss-reactive ketones (excluding diaryl/α,β-unsaturated/α-hetero) is 1.